The third kappa shape index (κ3) is 4.51. The highest BCUT2D eigenvalue weighted by molar-refractivity contribution is 7.98. The van der Waals surface area contributed by atoms with Crippen molar-refractivity contribution in [2.24, 2.45) is 0 Å². The van der Waals surface area contributed by atoms with Gasteiger partial charge in [0.25, 0.3) is 5.56 Å². The molecule has 2 aromatic carbocycles. The Morgan fingerprint density at radius 3 is 2.63 bits per heavy atom. The second-order valence-electron chi connectivity index (χ2n) is 5.93. The molecule has 1 aromatic heterocycles. The number of hydrogen-bond acceptors (Lipinski definition) is 4. The molecule has 0 unspecified atom stereocenters. The van der Waals surface area contributed by atoms with Crippen LogP contribution in [0.3, 0.4) is 0 Å². The Kier molecular flexibility index (Phi) is 5.86. The van der Waals surface area contributed by atoms with Gasteiger partial charge in [-0.25, -0.2) is 4.98 Å². The molecule has 0 saturated carbocycles. The van der Waals surface area contributed by atoms with E-state index in [-0.39, 0.29) is 24.5 Å². The quantitative estimate of drug-likeness (QED) is 0.505. The van der Waals surface area contributed by atoms with Crippen LogP contribution in [0.15, 0.2) is 58.5 Å². The van der Waals surface area contributed by atoms with Crippen molar-refractivity contribution < 1.29 is 18.3 Å². The lowest BCUT2D eigenvalue weighted by Crippen LogP contribution is -2.24. The molecule has 0 amide bonds. The number of aromatic nitrogens is 2. The highest BCUT2D eigenvalue weighted by Crippen LogP contribution is 2.31. The van der Waals surface area contributed by atoms with Crippen LogP contribution in [0.25, 0.3) is 10.9 Å². The monoisotopic (exact) mass is 394 g/mol. The number of aliphatic hydroxyl groups is 1. The Morgan fingerprint density at radius 1 is 1.11 bits per heavy atom. The molecular formula is C19H17F3N2O2S. The maximum Gasteiger partial charge on any atom is 0.416 e. The summed E-state index contributed by atoms with van der Waals surface area (Å²) < 4.78 is 40.1. The molecule has 27 heavy (non-hydrogen) atoms. The van der Waals surface area contributed by atoms with Crippen molar-refractivity contribution in [3.05, 3.63) is 70.0 Å². The van der Waals surface area contributed by atoms with Crippen molar-refractivity contribution in [2.45, 2.75) is 30.1 Å². The smallest absolute Gasteiger partial charge is 0.396 e. The molecule has 0 spiro atoms. The Bertz CT molecular complexity index is 1000. The van der Waals surface area contributed by atoms with Gasteiger partial charge in [0, 0.05) is 18.9 Å². The zero-order valence-electron chi connectivity index (χ0n) is 14.2. The maximum atomic E-state index is 12.9. The average Bonchev–Trinajstić information content (AvgIpc) is 2.65. The second-order valence-corrected chi connectivity index (χ2v) is 6.87. The van der Waals surface area contributed by atoms with E-state index < -0.39 is 11.7 Å². The summed E-state index contributed by atoms with van der Waals surface area (Å²) in [7, 11) is 0. The van der Waals surface area contributed by atoms with E-state index in [4.69, 9.17) is 5.11 Å². The number of nitrogens with zero attached hydrogens (tertiary/aromatic N) is 2. The van der Waals surface area contributed by atoms with Crippen LogP contribution in [-0.2, 0) is 18.5 Å². The minimum atomic E-state index is -4.40. The summed E-state index contributed by atoms with van der Waals surface area (Å²) in [5, 5.41) is 9.98. The largest absolute Gasteiger partial charge is 0.416 e. The normalized spacial score (nSPS) is 11.9. The van der Waals surface area contributed by atoms with Crippen molar-refractivity contribution in [1.29, 1.82) is 0 Å². The number of aliphatic hydroxyl groups excluding tert-OH is 1. The number of halogens is 3. The molecule has 1 N–H and O–H groups in total. The van der Waals surface area contributed by atoms with Gasteiger partial charge >= 0.3 is 6.18 Å². The van der Waals surface area contributed by atoms with Gasteiger partial charge in [0.05, 0.1) is 16.5 Å². The van der Waals surface area contributed by atoms with Gasteiger partial charge in [-0.2, -0.15) is 13.2 Å². The molecule has 0 aliphatic heterocycles. The van der Waals surface area contributed by atoms with E-state index in [9.17, 15) is 18.0 Å². The van der Waals surface area contributed by atoms with E-state index >= 15 is 0 Å². The standard InChI is InChI=1S/C19H17F3N2O2S/c20-19(21,22)14-6-3-5-13(11-14)12-27-18-23-16-8-2-1-7-15(16)17(26)24(18)9-4-10-25/h1-3,5-8,11,25H,4,9-10,12H2. The van der Waals surface area contributed by atoms with Crippen molar-refractivity contribution in [3.8, 4) is 0 Å². The first-order valence-electron chi connectivity index (χ1n) is 8.29. The fourth-order valence-corrected chi connectivity index (χ4v) is 3.64. The molecule has 0 aliphatic rings. The van der Waals surface area contributed by atoms with Crippen LogP contribution in [0.5, 0.6) is 0 Å². The van der Waals surface area contributed by atoms with Gasteiger partial charge < -0.3 is 5.11 Å². The molecule has 0 atom stereocenters. The van der Waals surface area contributed by atoms with Crippen LogP contribution in [0.4, 0.5) is 13.2 Å². The van der Waals surface area contributed by atoms with E-state index in [0.29, 0.717) is 28.0 Å². The lowest BCUT2D eigenvalue weighted by molar-refractivity contribution is -0.137. The van der Waals surface area contributed by atoms with Crippen molar-refractivity contribution >= 4 is 22.7 Å². The van der Waals surface area contributed by atoms with Gasteiger partial charge in [-0.3, -0.25) is 9.36 Å². The van der Waals surface area contributed by atoms with Gasteiger partial charge in [0.1, 0.15) is 0 Å². The highest BCUT2D eigenvalue weighted by Gasteiger charge is 2.30. The highest BCUT2D eigenvalue weighted by atomic mass is 32.2. The topological polar surface area (TPSA) is 55.1 Å². The van der Waals surface area contributed by atoms with Gasteiger partial charge in [0.15, 0.2) is 5.16 Å². The lowest BCUT2D eigenvalue weighted by atomic mass is 10.1. The minimum absolute atomic E-state index is 0.0724. The molecule has 3 aromatic rings. The summed E-state index contributed by atoms with van der Waals surface area (Å²) in [6, 6.07) is 12.0. The molecule has 4 nitrogen and oxygen atoms in total. The molecular weight excluding hydrogens is 377 g/mol. The summed E-state index contributed by atoms with van der Waals surface area (Å²) >= 11 is 1.20. The SMILES string of the molecule is O=c1c2ccccc2nc(SCc2cccc(C(F)(F)F)c2)n1CCCO. The summed E-state index contributed by atoms with van der Waals surface area (Å²) in [4.78, 5) is 17.2. The molecule has 142 valence electrons. The molecule has 0 saturated heterocycles. The minimum Gasteiger partial charge on any atom is -0.396 e. The van der Waals surface area contributed by atoms with Crippen LogP contribution in [0.1, 0.15) is 17.5 Å². The number of para-hydroxylation sites is 1. The Hall–Kier alpha value is -2.32. The number of benzene rings is 2. The fraction of sp³-hybridized carbons (Fsp3) is 0.263. The van der Waals surface area contributed by atoms with Crippen LogP contribution in [0, 0.1) is 0 Å². The summed E-state index contributed by atoms with van der Waals surface area (Å²) in [6.45, 7) is 0.217. The van der Waals surface area contributed by atoms with Crippen molar-refractivity contribution in [1.82, 2.24) is 9.55 Å². The Morgan fingerprint density at radius 2 is 1.89 bits per heavy atom. The second kappa shape index (κ2) is 8.14. The van der Waals surface area contributed by atoms with E-state index in [0.717, 1.165) is 12.1 Å². The van der Waals surface area contributed by atoms with E-state index in [1.807, 2.05) is 0 Å². The van der Waals surface area contributed by atoms with Gasteiger partial charge in [0.2, 0.25) is 0 Å². The van der Waals surface area contributed by atoms with Gasteiger partial charge in [-0.05, 0) is 30.2 Å². The predicted molar refractivity (Wildman–Crippen MR) is 98.7 cm³/mol. The van der Waals surface area contributed by atoms with Gasteiger partial charge in [-0.1, -0.05) is 42.1 Å². The van der Waals surface area contributed by atoms with Crippen LogP contribution in [0.2, 0.25) is 0 Å². The van der Waals surface area contributed by atoms with E-state index in [2.05, 4.69) is 4.98 Å². The molecule has 3 rings (SSSR count). The molecule has 0 bridgehead atoms. The molecule has 0 radical (unpaired) electrons. The number of alkyl halides is 3. The third-order valence-corrected chi connectivity index (χ3v) is 5.04. The van der Waals surface area contributed by atoms with Crippen molar-refractivity contribution in [2.75, 3.05) is 6.61 Å². The third-order valence-electron chi connectivity index (χ3n) is 3.99. The van der Waals surface area contributed by atoms with Crippen LogP contribution >= 0.6 is 11.8 Å². The first kappa shape index (κ1) is 19.4. The zero-order chi connectivity index (χ0) is 19.4. The Labute approximate surface area is 157 Å². The number of rotatable bonds is 6. The van der Waals surface area contributed by atoms with E-state index in [1.54, 1.807) is 30.3 Å². The van der Waals surface area contributed by atoms with Crippen LogP contribution < -0.4 is 5.56 Å². The number of hydrogen-bond donors (Lipinski definition) is 1. The predicted octanol–water partition coefficient (Wildman–Crippen LogP) is 4.09. The van der Waals surface area contributed by atoms with Crippen LogP contribution in [-0.4, -0.2) is 21.3 Å². The molecule has 0 aliphatic carbocycles. The fourth-order valence-electron chi connectivity index (χ4n) is 2.67. The summed E-state index contributed by atoms with van der Waals surface area (Å²) in [5.74, 6) is 0.244. The zero-order valence-corrected chi connectivity index (χ0v) is 15.1. The maximum absolute atomic E-state index is 12.9. The molecule has 0 fully saturated rings. The van der Waals surface area contributed by atoms with E-state index in [1.165, 1.54) is 22.4 Å². The number of fused-ring (bicyclic) bond motifs is 1. The summed E-state index contributed by atoms with van der Waals surface area (Å²) in [6.07, 6.45) is -4.01. The average molecular weight is 394 g/mol. The molecule has 8 heteroatoms. The van der Waals surface area contributed by atoms with Gasteiger partial charge in [-0.15, -0.1) is 0 Å². The first-order valence-corrected chi connectivity index (χ1v) is 9.28. The first-order chi connectivity index (χ1) is 12.9. The summed E-state index contributed by atoms with van der Waals surface area (Å²) in [5.41, 5.74) is 0.102. The van der Waals surface area contributed by atoms with Crippen molar-refractivity contribution in [3.63, 3.8) is 0 Å². The lowest BCUT2D eigenvalue weighted by Gasteiger charge is -2.13. The Balaban J connectivity index is 1.93. The number of thioether (sulfide) groups is 1. The molecule has 1 heterocycles.